The molecule has 170 valence electrons. The van der Waals surface area contributed by atoms with Gasteiger partial charge in [-0.3, -0.25) is 9.69 Å². The van der Waals surface area contributed by atoms with E-state index in [4.69, 9.17) is 9.47 Å². The second-order valence-electron chi connectivity index (χ2n) is 8.66. The summed E-state index contributed by atoms with van der Waals surface area (Å²) in [4.78, 5) is 16.9. The average molecular weight is 443 g/mol. The fourth-order valence-electron chi connectivity index (χ4n) is 4.80. The van der Waals surface area contributed by atoms with Gasteiger partial charge in [0.1, 0.15) is 5.75 Å². The molecule has 0 radical (unpaired) electrons. The topological polar surface area (TPSA) is 42.0 Å². The maximum atomic E-state index is 12.5. The van der Waals surface area contributed by atoms with Crippen molar-refractivity contribution < 1.29 is 14.3 Å². The van der Waals surface area contributed by atoms with Crippen molar-refractivity contribution in [1.82, 2.24) is 9.80 Å². The Morgan fingerprint density at radius 3 is 2.39 bits per heavy atom. The molecule has 0 N–H and O–H groups in total. The number of morpholine rings is 1. The minimum Gasteiger partial charge on any atom is -0.484 e. The van der Waals surface area contributed by atoms with Crippen molar-refractivity contribution in [2.45, 2.75) is 19.0 Å². The normalized spacial score (nSPS) is 18.5. The highest BCUT2D eigenvalue weighted by Crippen LogP contribution is 2.38. The predicted octanol–water partition coefficient (Wildman–Crippen LogP) is 4.07. The van der Waals surface area contributed by atoms with Crippen molar-refractivity contribution in [3.8, 4) is 5.75 Å². The van der Waals surface area contributed by atoms with Crippen LogP contribution in [0.2, 0.25) is 0 Å². The molecule has 5 nitrogen and oxygen atoms in total. The molecule has 1 saturated heterocycles. The lowest BCUT2D eigenvalue weighted by molar-refractivity contribution is -0.137. The van der Waals surface area contributed by atoms with Crippen molar-refractivity contribution in [2.24, 2.45) is 0 Å². The third kappa shape index (κ3) is 5.10. The number of rotatable bonds is 6. The fourth-order valence-corrected chi connectivity index (χ4v) is 4.80. The Balaban J connectivity index is 1.39. The zero-order valence-corrected chi connectivity index (χ0v) is 18.9. The average Bonchev–Trinajstić information content (AvgIpc) is 2.88. The van der Waals surface area contributed by atoms with Crippen LogP contribution in [0.15, 0.2) is 78.9 Å². The van der Waals surface area contributed by atoms with Crippen LogP contribution in [0.4, 0.5) is 0 Å². The van der Waals surface area contributed by atoms with Crippen LogP contribution in [-0.2, 0) is 22.5 Å². The van der Waals surface area contributed by atoms with Gasteiger partial charge >= 0.3 is 0 Å². The molecular weight excluding hydrogens is 412 g/mol. The highest BCUT2D eigenvalue weighted by atomic mass is 16.5. The lowest BCUT2D eigenvalue weighted by Gasteiger charge is -2.38. The quantitative estimate of drug-likeness (QED) is 0.577. The molecule has 1 amide bonds. The molecule has 0 saturated carbocycles. The Morgan fingerprint density at radius 2 is 1.64 bits per heavy atom. The molecule has 3 aromatic rings. The van der Waals surface area contributed by atoms with Crippen LogP contribution in [0.3, 0.4) is 0 Å². The van der Waals surface area contributed by atoms with E-state index in [1.807, 2.05) is 11.0 Å². The Bertz CT molecular complexity index is 1070. The van der Waals surface area contributed by atoms with Gasteiger partial charge in [-0.25, -0.2) is 0 Å². The molecule has 0 bridgehead atoms. The number of carbonyl (C=O) groups is 1. The molecular formula is C28H30N2O3. The van der Waals surface area contributed by atoms with Crippen molar-refractivity contribution in [3.05, 3.63) is 101 Å². The third-order valence-electron chi connectivity index (χ3n) is 6.52. The number of hydrogen-bond donors (Lipinski definition) is 0. The van der Waals surface area contributed by atoms with Crippen molar-refractivity contribution in [3.63, 3.8) is 0 Å². The second kappa shape index (κ2) is 10.2. The zero-order chi connectivity index (χ0) is 22.5. The smallest absolute Gasteiger partial charge is 0.260 e. The van der Waals surface area contributed by atoms with E-state index in [1.165, 1.54) is 22.3 Å². The number of amides is 1. The van der Waals surface area contributed by atoms with Gasteiger partial charge in [-0.2, -0.15) is 0 Å². The maximum absolute atomic E-state index is 12.5. The molecule has 0 aromatic heterocycles. The summed E-state index contributed by atoms with van der Waals surface area (Å²) >= 11 is 0. The lowest BCUT2D eigenvalue weighted by Crippen LogP contribution is -2.43. The van der Waals surface area contributed by atoms with Gasteiger partial charge in [-0.05, 0) is 40.8 Å². The standard InChI is InChI=1S/C28H30N2O3/c31-27(29-15-17-32-18-16-29)21-33-25-12-11-23-13-14-30(20-22-7-3-1-4-8-22)28(26(23)19-25)24-9-5-2-6-10-24/h1-12,19,28H,13-18,20-21H2. The van der Waals surface area contributed by atoms with Gasteiger partial charge in [-0.1, -0.05) is 66.7 Å². The molecule has 2 aliphatic rings. The Hall–Kier alpha value is -3.15. The SMILES string of the molecule is O=C(COc1ccc2c(c1)C(c1ccccc1)N(Cc1ccccc1)CC2)N1CCOCC1. The van der Waals surface area contributed by atoms with Crippen LogP contribution < -0.4 is 4.74 Å². The van der Waals surface area contributed by atoms with Gasteiger partial charge in [0, 0.05) is 26.2 Å². The van der Waals surface area contributed by atoms with E-state index in [1.54, 1.807) is 0 Å². The van der Waals surface area contributed by atoms with Crippen molar-refractivity contribution >= 4 is 5.91 Å². The molecule has 2 aliphatic heterocycles. The maximum Gasteiger partial charge on any atom is 0.260 e. The van der Waals surface area contributed by atoms with Gasteiger partial charge in [-0.15, -0.1) is 0 Å². The monoisotopic (exact) mass is 442 g/mol. The largest absolute Gasteiger partial charge is 0.484 e. The summed E-state index contributed by atoms with van der Waals surface area (Å²) in [6.07, 6.45) is 0.999. The molecule has 1 fully saturated rings. The number of fused-ring (bicyclic) bond motifs is 1. The minimum absolute atomic E-state index is 0.0151. The van der Waals surface area contributed by atoms with Crippen molar-refractivity contribution in [1.29, 1.82) is 0 Å². The Labute approximate surface area is 195 Å². The van der Waals surface area contributed by atoms with Crippen LogP contribution >= 0.6 is 0 Å². The van der Waals surface area contributed by atoms with Gasteiger partial charge in [0.25, 0.3) is 5.91 Å². The molecule has 33 heavy (non-hydrogen) atoms. The predicted molar refractivity (Wildman–Crippen MR) is 128 cm³/mol. The van der Waals surface area contributed by atoms with E-state index in [0.29, 0.717) is 26.3 Å². The molecule has 5 rings (SSSR count). The summed E-state index contributed by atoms with van der Waals surface area (Å²) in [7, 11) is 0. The van der Waals surface area contributed by atoms with E-state index < -0.39 is 0 Å². The first-order valence-corrected chi connectivity index (χ1v) is 11.7. The molecule has 2 heterocycles. The summed E-state index contributed by atoms with van der Waals surface area (Å²) in [5.41, 5.74) is 5.20. The highest BCUT2D eigenvalue weighted by Gasteiger charge is 2.29. The Morgan fingerprint density at radius 1 is 0.909 bits per heavy atom. The highest BCUT2D eigenvalue weighted by molar-refractivity contribution is 5.77. The first kappa shape index (κ1) is 21.7. The number of benzene rings is 3. The van der Waals surface area contributed by atoms with Crippen LogP contribution in [0, 0.1) is 0 Å². The van der Waals surface area contributed by atoms with Gasteiger partial charge in [0.15, 0.2) is 6.61 Å². The van der Waals surface area contributed by atoms with Gasteiger partial charge in [0.05, 0.1) is 19.3 Å². The van der Waals surface area contributed by atoms with E-state index in [9.17, 15) is 4.79 Å². The minimum atomic E-state index is 0.0151. The molecule has 0 aliphatic carbocycles. The lowest BCUT2D eigenvalue weighted by atomic mass is 9.87. The first-order valence-electron chi connectivity index (χ1n) is 11.7. The van der Waals surface area contributed by atoms with Crippen LogP contribution in [-0.4, -0.2) is 55.2 Å². The summed E-state index contributed by atoms with van der Waals surface area (Å²) in [5.74, 6) is 0.763. The van der Waals surface area contributed by atoms with Gasteiger partial charge < -0.3 is 14.4 Å². The third-order valence-corrected chi connectivity index (χ3v) is 6.52. The first-order chi connectivity index (χ1) is 16.3. The fraction of sp³-hybridized carbons (Fsp3) is 0.321. The van der Waals surface area contributed by atoms with Crippen LogP contribution in [0.5, 0.6) is 5.75 Å². The summed E-state index contributed by atoms with van der Waals surface area (Å²) in [6, 6.07) is 27.8. The summed E-state index contributed by atoms with van der Waals surface area (Å²) in [5, 5.41) is 0. The number of hydrogen-bond acceptors (Lipinski definition) is 4. The van der Waals surface area contributed by atoms with Crippen LogP contribution in [0.1, 0.15) is 28.3 Å². The summed E-state index contributed by atoms with van der Waals surface area (Å²) in [6.45, 7) is 4.41. The number of ether oxygens (including phenoxy) is 2. The number of carbonyl (C=O) groups excluding carboxylic acids is 1. The van der Waals surface area contributed by atoms with Gasteiger partial charge in [0.2, 0.25) is 0 Å². The molecule has 0 spiro atoms. The molecule has 3 aromatic carbocycles. The van der Waals surface area contributed by atoms with Crippen LogP contribution in [0.25, 0.3) is 0 Å². The van der Waals surface area contributed by atoms with E-state index in [2.05, 4.69) is 77.7 Å². The number of nitrogens with zero attached hydrogens (tertiary/aromatic N) is 2. The summed E-state index contributed by atoms with van der Waals surface area (Å²) < 4.78 is 11.3. The second-order valence-corrected chi connectivity index (χ2v) is 8.66. The molecule has 1 atom stereocenters. The van der Waals surface area contributed by atoms with E-state index in [-0.39, 0.29) is 18.6 Å². The molecule has 5 heteroatoms. The Kier molecular flexibility index (Phi) is 6.70. The van der Waals surface area contributed by atoms with E-state index in [0.717, 1.165) is 25.3 Å². The van der Waals surface area contributed by atoms with E-state index >= 15 is 0 Å². The zero-order valence-electron chi connectivity index (χ0n) is 18.9. The molecule has 1 unspecified atom stereocenters. The van der Waals surface area contributed by atoms with Crippen molar-refractivity contribution in [2.75, 3.05) is 39.5 Å².